The zero-order valence-corrected chi connectivity index (χ0v) is 13.4. The molecule has 0 saturated carbocycles. The highest BCUT2D eigenvalue weighted by molar-refractivity contribution is 5.81. The van der Waals surface area contributed by atoms with Gasteiger partial charge in [0.2, 0.25) is 5.91 Å². The Morgan fingerprint density at radius 1 is 1.19 bits per heavy atom. The maximum atomic E-state index is 12.8. The quantitative estimate of drug-likeness (QED) is 0.697. The van der Waals surface area contributed by atoms with Crippen LogP contribution in [-0.2, 0) is 17.9 Å². The number of benzene rings is 1. The number of hydrogen-bond acceptors (Lipinski definition) is 4. The number of halogens is 3. The lowest BCUT2D eigenvalue weighted by Gasteiger charge is -2.23. The van der Waals surface area contributed by atoms with Crippen LogP contribution in [0.5, 0.6) is 0 Å². The van der Waals surface area contributed by atoms with Crippen LogP contribution in [0.4, 0.5) is 13.2 Å². The molecule has 0 aliphatic carbocycles. The first kappa shape index (κ1) is 17.7. The van der Waals surface area contributed by atoms with E-state index in [-0.39, 0.29) is 12.3 Å². The maximum absolute atomic E-state index is 12.8. The summed E-state index contributed by atoms with van der Waals surface area (Å²) < 4.78 is 44.3. The summed E-state index contributed by atoms with van der Waals surface area (Å²) >= 11 is 0. The molecule has 0 unspecified atom stereocenters. The van der Waals surface area contributed by atoms with Gasteiger partial charge in [0.15, 0.2) is 0 Å². The molecule has 0 aliphatic heterocycles. The van der Waals surface area contributed by atoms with Crippen LogP contribution >= 0.6 is 0 Å². The first-order valence-corrected chi connectivity index (χ1v) is 7.65. The molecule has 0 fully saturated rings. The Morgan fingerprint density at radius 3 is 2.65 bits per heavy atom. The fraction of sp³-hybridized carbons (Fsp3) is 0.235. The summed E-state index contributed by atoms with van der Waals surface area (Å²) in [5.74, 6) is -0.676. The summed E-state index contributed by atoms with van der Waals surface area (Å²) in [5, 5.41) is 4.80. The zero-order chi connectivity index (χ0) is 18.7. The van der Waals surface area contributed by atoms with Gasteiger partial charge in [0.05, 0.1) is 24.4 Å². The number of alkyl halides is 3. The predicted molar refractivity (Wildman–Crippen MR) is 86.2 cm³/mol. The third kappa shape index (κ3) is 4.11. The van der Waals surface area contributed by atoms with Gasteiger partial charge in [-0.2, -0.15) is 18.3 Å². The SMILES string of the molecule is O=C(Cn1ncc2ccccc2c1=O)N(Cc1ccco1)CC(F)(F)F. The Kier molecular flexibility index (Phi) is 4.79. The Hall–Kier alpha value is -3.10. The Balaban J connectivity index is 1.85. The molecule has 26 heavy (non-hydrogen) atoms. The van der Waals surface area contributed by atoms with Crippen LogP contribution in [0.1, 0.15) is 5.76 Å². The van der Waals surface area contributed by atoms with E-state index >= 15 is 0 Å². The first-order chi connectivity index (χ1) is 12.3. The molecular weight excluding hydrogens is 351 g/mol. The third-order valence-electron chi connectivity index (χ3n) is 3.70. The summed E-state index contributed by atoms with van der Waals surface area (Å²) in [4.78, 5) is 25.4. The van der Waals surface area contributed by atoms with Crippen molar-refractivity contribution in [3.63, 3.8) is 0 Å². The number of hydrogen-bond donors (Lipinski definition) is 0. The molecular formula is C17H14F3N3O3. The lowest BCUT2D eigenvalue weighted by Crippen LogP contribution is -2.42. The fourth-order valence-electron chi connectivity index (χ4n) is 2.51. The number of aromatic nitrogens is 2. The van der Waals surface area contributed by atoms with E-state index in [9.17, 15) is 22.8 Å². The summed E-state index contributed by atoms with van der Waals surface area (Å²) in [6, 6.07) is 9.62. The van der Waals surface area contributed by atoms with Crippen molar-refractivity contribution in [3.05, 3.63) is 65.0 Å². The molecule has 0 atom stereocenters. The van der Waals surface area contributed by atoms with Gasteiger partial charge in [-0.25, -0.2) is 4.68 Å². The van der Waals surface area contributed by atoms with Gasteiger partial charge in [-0.1, -0.05) is 18.2 Å². The van der Waals surface area contributed by atoms with Gasteiger partial charge in [0.1, 0.15) is 18.8 Å². The van der Waals surface area contributed by atoms with Crippen LogP contribution in [0.2, 0.25) is 0 Å². The molecule has 0 spiro atoms. The highest BCUT2D eigenvalue weighted by Crippen LogP contribution is 2.19. The Morgan fingerprint density at radius 2 is 1.96 bits per heavy atom. The normalized spacial score (nSPS) is 11.7. The van der Waals surface area contributed by atoms with Gasteiger partial charge >= 0.3 is 6.18 Å². The van der Waals surface area contributed by atoms with Crippen LogP contribution in [0.3, 0.4) is 0 Å². The van der Waals surface area contributed by atoms with Crippen LogP contribution in [0.25, 0.3) is 10.8 Å². The smallest absolute Gasteiger partial charge is 0.406 e. The molecule has 0 N–H and O–H groups in total. The van der Waals surface area contributed by atoms with Crippen LogP contribution in [0, 0.1) is 0 Å². The second-order valence-electron chi connectivity index (χ2n) is 5.64. The van der Waals surface area contributed by atoms with Gasteiger partial charge < -0.3 is 9.32 Å². The van der Waals surface area contributed by atoms with E-state index in [2.05, 4.69) is 5.10 Å². The van der Waals surface area contributed by atoms with Crippen molar-refractivity contribution >= 4 is 16.7 Å². The van der Waals surface area contributed by atoms with Gasteiger partial charge in [0.25, 0.3) is 5.56 Å². The van der Waals surface area contributed by atoms with Crippen molar-refractivity contribution in [3.8, 4) is 0 Å². The molecule has 2 heterocycles. The lowest BCUT2D eigenvalue weighted by atomic mass is 10.2. The van der Waals surface area contributed by atoms with Crippen LogP contribution in [0.15, 0.2) is 58.1 Å². The van der Waals surface area contributed by atoms with E-state index in [0.717, 1.165) is 4.68 Å². The topological polar surface area (TPSA) is 68.3 Å². The monoisotopic (exact) mass is 365 g/mol. The number of fused-ring (bicyclic) bond motifs is 1. The molecule has 0 bridgehead atoms. The second-order valence-corrected chi connectivity index (χ2v) is 5.64. The highest BCUT2D eigenvalue weighted by Gasteiger charge is 2.33. The van der Waals surface area contributed by atoms with E-state index in [0.29, 0.717) is 15.7 Å². The van der Waals surface area contributed by atoms with Crippen molar-refractivity contribution in [2.75, 3.05) is 6.54 Å². The average molecular weight is 365 g/mol. The minimum absolute atomic E-state index is 0.210. The summed E-state index contributed by atoms with van der Waals surface area (Å²) in [6.07, 6.45) is -1.88. The van der Waals surface area contributed by atoms with E-state index < -0.39 is 30.7 Å². The minimum atomic E-state index is -4.58. The van der Waals surface area contributed by atoms with E-state index in [1.807, 2.05) is 0 Å². The third-order valence-corrected chi connectivity index (χ3v) is 3.70. The molecule has 0 radical (unpaired) electrons. The fourth-order valence-corrected chi connectivity index (χ4v) is 2.51. The number of furan rings is 1. The molecule has 9 heteroatoms. The van der Waals surface area contributed by atoms with Gasteiger partial charge in [0, 0.05) is 5.39 Å². The molecule has 1 aromatic carbocycles. The molecule has 6 nitrogen and oxygen atoms in total. The number of carbonyl (C=O) groups is 1. The van der Waals surface area contributed by atoms with Gasteiger partial charge in [-0.3, -0.25) is 9.59 Å². The number of nitrogens with zero attached hydrogens (tertiary/aromatic N) is 3. The van der Waals surface area contributed by atoms with E-state index in [4.69, 9.17) is 4.42 Å². The van der Waals surface area contributed by atoms with Crippen LogP contribution in [-0.4, -0.2) is 33.3 Å². The maximum Gasteiger partial charge on any atom is 0.406 e. The molecule has 0 saturated heterocycles. The first-order valence-electron chi connectivity index (χ1n) is 7.65. The zero-order valence-electron chi connectivity index (χ0n) is 13.4. The van der Waals surface area contributed by atoms with Crippen molar-refractivity contribution in [2.24, 2.45) is 0 Å². The standard InChI is InChI=1S/C17H14F3N3O3/c18-17(19,20)11-22(9-13-5-3-7-26-13)15(24)10-23-16(25)14-6-2-1-4-12(14)8-21-23/h1-8H,9-11H2. The molecule has 1 amide bonds. The summed E-state index contributed by atoms with van der Waals surface area (Å²) in [7, 11) is 0. The number of rotatable bonds is 5. The van der Waals surface area contributed by atoms with Crippen molar-refractivity contribution in [2.45, 2.75) is 19.3 Å². The molecule has 3 rings (SSSR count). The van der Waals surface area contributed by atoms with Gasteiger partial charge in [-0.05, 0) is 18.2 Å². The minimum Gasteiger partial charge on any atom is -0.467 e. The van der Waals surface area contributed by atoms with Crippen LogP contribution < -0.4 is 5.56 Å². The second kappa shape index (κ2) is 7.03. The highest BCUT2D eigenvalue weighted by atomic mass is 19.4. The number of carbonyl (C=O) groups excluding carboxylic acids is 1. The Bertz CT molecular complexity index is 965. The molecule has 136 valence electrons. The van der Waals surface area contributed by atoms with Crippen molar-refractivity contribution < 1.29 is 22.4 Å². The van der Waals surface area contributed by atoms with Crippen molar-refractivity contribution in [1.82, 2.24) is 14.7 Å². The molecule has 3 aromatic rings. The van der Waals surface area contributed by atoms with E-state index in [1.165, 1.54) is 24.6 Å². The van der Waals surface area contributed by atoms with Crippen molar-refractivity contribution in [1.29, 1.82) is 0 Å². The lowest BCUT2D eigenvalue weighted by molar-refractivity contribution is -0.163. The summed E-state index contributed by atoms with van der Waals surface area (Å²) in [5.41, 5.74) is -0.540. The average Bonchev–Trinajstić information content (AvgIpc) is 3.09. The predicted octanol–water partition coefficient (Wildman–Crippen LogP) is 2.58. The largest absolute Gasteiger partial charge is 0.467 e. The Labute approximate surface area is 145 Å². The van der Waals surface area contributed by atoms with Gasteiger partial charge in [-0.15, -0.1) is 0 Å². The molecule has 0 aliphatic rings. The van der Waals surface area contributed by atoms with E-state index in [1.54, 1.807) is 24.3 Å². The molecule has 2 aromatic heterocycles. The summed E-state index contributed by atoms with van der Waals surface area (Å²) in [6.45, 7) is -2.40. The number of amides is 1.